The monoisotopic (exact) mass is 256 g/mol. The molecule has 2 aromatic rings. The van der Waals surface area contributed by atoms with Gasteiger partial charge in [-0.05, 0) is 23.8 Å². The number of fused-ring (bicyclic) bond motifs is 1. The van der Waals surface area contributed by atoms with Gasteiger partial charge in [0.2, 0.25) is 5.91 Å². The highest BCUT2D eigenvalue weighted by molar-refractivity contribution is 5.93. The van der Waals surface area contributed by atoms with E-state index in [-0.39, 0.29) is 0 Å². The van der Waals surface area contributed by atoms with Gasteiger partial charge in [-0.3, -0.25) is 9.78 Å². The highest BCUT2D eigenvalue weighted by Crippen LogP contribution is 2.34. The summed E-state index contributed by atoms with van der Waals surface area (Å²) in [5, 5.41) is 0. The number of hydrogen-bond acceptors (Lipinski definition) is 4. The Bertz CT molecular complexity index is 640. The average Bonchev–Trinajstić information content (AvgIpc) is 2.47. The Hall–Kier alpha value is -2.56. The molecule has 0 unspecified atom stereocenters. The Morgan fingerprint density at radius 1 is 1.05 bits per heavy atom. The number of carbonyl (C=O) groups is 1. The Morgan fingerprint density at radius 3 is 2.63 bits per heavy atom. The molecule has 0 aliphatic carbocycles. The molecule has 2 heterocycles. The molecule has 0 atom stereocenters. The molecule has 0 saturated carbocycles. The number of nitrogens with two attached hydrogens (primary N) is 1. The van der Waals surface area contributed by atoms with Crippen LogP contribution in [0.15, 0.2) is 36.7 Å². The van der Waals surface area contributed by atoms with E-state index in [0.29, 0.717) is 24.5 Å². The van der Waals surface area contributed by atoms with Crippen LogP contribution in [0.2, 0.25) is 0 Å². The van der Waals surface area contributed by atoms with Crippen LogP contribution in [0.1, 0.15) is 10.4 Å². The van der Waals surface area contributed by atoms with E-state index in [1.165, 1.54) is 6.20 Å². The van der Waals surface area contributed by atoms with Gasteiger partial charge in [0.15, 0.2) is 11.5 Å². The van der Waals surface area contributed by atoms with Crippen molar-refractivity contribution in [1.29, 1.82) is 0 Å². The lowest BCUT2D eigenvalue weighted by Crippen LogP contribution is -2.15. The molecule has 5 heteroatoms. The molecule has 96 valence electrons. The smallest absolute Gasteiger partial charge is 0.250 e. The number of aromatic nitrogens is 1. The zero-order valence-corrected chi connectivity index (χ0v) is 10.1. The van der Waals surface area contributed by atoms with Gasteiger partial charge in [-0.1, -0.05) is 6.07 Å². The van der Waals surface area contributed by atoms with Gasteiger partial charge in [0.05, 0.1) is 5.56 Å². The van der Waals surface area contributed by atoms with Crippen molar-refractivity contribution < 1.29 is 14.3 Å². The molecule has 0 bridgehead atoms. The maximum Gasteiger partial charge on any atom is 0.250 e. The van der Waals surface area contributed by atoms with Gasteiger partial charge >= 0.3 is 0 Å². The maximum atomic E-state index is 11.2. The Morgan fingerprint density at radius 2 is 1.84 bits per heavy atom. The zero-order chi connectivity index (χ0) is 13.2. The van der Waals surface area contributed by atoms with E-state index in [1.54, 1.807) is 12.3 Å². The van der Waals surface area contributed by atoms with Gasteiger partial charge in [-0.15, -0.1) is 0 Å². The predicted octanol–water partition coefficient (Wildman–Crippen LogP) is 1.62. The number of hydrogen-bond donors (Lipinski definition) is 1. The van der Waals surface area contributed by atoms with Gasteiger partial charge < -0.3 is 15.2 Å². The fraction of sp³-hybridized carbons (Fsp3) is 0.143. The summed E-state index contributed by atoms with van der Waals surface area (Å²) < 4.78 is 11.0. The summed E-state index contributed by atoms with van der Waals surface area (Å²) in [5.41, 5.74) is 7.35. The summed E-state index contributed by atoms with van der Waals surface area (Å²) in [6.07, 6.45) is 3.13. The summed E-state index contributed by atoms with van der Waals surface area (Å²) in [6.45, 7) is 1.10. The second-order valence-electron chi connectivity index (χ2n) is 4.18. The molecule has 0 saturated heterocycles. The quantitative estimate of drug-likeness (QED) is 0.886. The molecule has 1 aliphatic heterocycles. The standard InChI is InChI=1S/C14H12N2O3/c15-14(17)11-5-10(7-16-8-11)9-1-2-12-13(6-9)19-4-3-18-12/h1-2,5-8H,3-4H2,(H2,15,17). The van der Waals surface area contributed by atoms with Gasteiger partial charge in [0.25, 0.3) is 0 Å². The van der Waals surface area contributed by atoms with Crippen LogP contribution in [0, 0.1) is 0 Å². The topological polar surface area (TPSA) is 74.4 Å². The van der Waals surface area contributed by atoms with Crippen LogP contribution in [0.5, 0.6) is 11.5 Å². The fourth-order valence-electron chi connectivity index (χ4n) is 1.96. The maximum absolute atomic E-state index is 11.2. The van der Waals surface area contributed by atoms with Crippen LogP contribution < -0.4 is 15.2 Å². The van der Waals surface area contributed by atoms with Crippen molar-refractivity contribution >= 4 is 5.91 Å². The van der Waals surface area contributed by atoms with Crippen molar-refractivity contribution in [3.8, 4) is 22.6 Å². The summed E-state index contributed by atoms with van der Waals surface area (Å²) in [5.74, 6) is 0.939. The van der Waals surface area contributed by atoms with Crippen LogP contribution in [-0.4, -0.2) is 24.1 Å². The van der Waals surface area contributed by atoms with Crippen LogP contribution in [0.3, 0.4) is 0 Å². The lowest BCUT2D eigenvalue weighted by Gasteiger charge is -2.18. The van der Waals surface area contributed by atoms with E-state index in [4.69, 9.17) is 15.2 Å². The number of carbonyl (C=O) groups excluding carboxylic acids is 1. The third-order valence-electron chi connectivity index (χ3n) is 2.90. The first-order valence-corrected chi connectivity index (χ1v) is 5.89. The summed E-state index contributed by atoms with van der Waals surface area (Å²) in [4.78, 5) is 15.2. The molecule has 1 amide bonds. The molecule has 0 radical (unpaired) electrons. The third-order valence-corrected chi connectivity index (χ3v) is 2.90. The van der Waals surface area contributed by atoms with E-state index in [9.17, 15) is 4.79 Å². The number of ether oxygens (including phenoxy) is 2. The minimum absolute atomic E-state index is 0.382. The summed E-state index contributed by atoms with van der Waals surface area (Å²) in [7, 11) is 0. The van der Waals surface area contributed by atoms with Crippen molar-refractivity contribution in [2.45, 2.75) is 0 Å². The van der Waals surface area contributed by atoms with Crippen LogP contribution in [0.25, 0.3) is 11.1 Å². The highest BCUT2D eigenvalue weighted by atomic mass is 16.6. The van der Waals surface area contributed by atoms with Gasteiger partial charge in [-0.25, -0.2) is 0 Å². The number of pyridine rings is 1. The number of benzene rings is 1. The molecular weight excluding hydrogens is 244 g/mol. The van der Waals surface area contributed by atoms with Crippen LogP contribution in [0.4, 0.5) is 0 Å². The van der Waals surface area contributed by atoms with Crippen molar-refractivity contribution in [2.24, 2.45) is 5.73 Å². The molecule has 5 nitrogen and oxygen atoms in total. The number of rotatable bonds is 2. The summed E-state index contributed by atoms with van der Waals surface area (Å²) in [6, 6.07) is 7.33. The molecule has 1 aromatic heterocycles. The predicted molar refractivity (Wildman–Crippen MR) is 69.2 cm³/mol. The molecule has 2 N–H and O–H groups in total. The van der Waals surface area contributed by atoms with Crippen molar-refractivity contribution in [3.63, 3.8) is 0 Å². The van der Waals surface area contributed by atoms with E-state index in [0.717, 1.165) is 16.9 Å². The van der Waals surface area contributed by atoms with E-state index >= 15 is 0 Å². The molecule has 3 rings (SSSR count). The van der Waals surface area contributed by atoms with Gasteiger partial charge in [-0.2, -0.15) is 0 Å². The van der Waals surface area contributed by atoms with Crippen molar-refractivity contribution in [1.82, 2.24) is 4.98 Å². The molecule has 19 heavy (non-hydrogen) atoms. The minimum atomic E-state index is -0.494. The Kier molecular flexibility index (Phi) is 2.79. The van der Waals surface area contributed by atoms with Crippen LogP contribution in [-0.2, 0) is 0 Å². The lowest BCUT2D eigenvalue weighted by atomic mass is 10.1. The minimum Gasteiger partial charge on any atom is -0.486 e. The number of nitrogens with zero attached hydrogens (tertiary/aromatic N) is 1. The van der Waals surface area contributed by atoms with Gasteiger partial charge in [0.1, 0.15) is 13.2 Å². The van der Waals surface area contributed by atoms with Crippen LogP contribution >= 0.6 is 0 Å². The normalized spacial score (nSPS) is 13.1. The molecule has 0 spiro atoms. The number of amides is 1. The van der Waals surface area contributed by atoms with Crippen molar-refractivity contribution in [3.05, 3.63) is 42.2 Å². The second-order valence-corrected chi connectivity index (χ2v) is 4.18. The lowest BCUT2D eigenvalue weighted by molar-refractivity contribution is 0.1000. The number of primary amides is 1. The highest BCUT2D eigenvalue weighted by Gasteiger charge is 2.13. The van der Waals surface area contributed by atoms with E-state index in [1.807, 2.05) is 18.2 Å². The van der Waals surface area contributed by atoms with E-state index < -0.39 is 5.91 Å². The van der Waals surface area contributed by atoms with Gasteiger partial charge in [0, 0.05) is 18.0 Å². The third kappa shape index (κ3) is 2.22. The molecule has 0 fully saturated rings. The Balaban J connectivity index is 2.02. The molecular formula is C14H12N2O3. The second kappa shape index (κ2) is 4.61. The first-order chi connectivity index (χ1) is 9.24. The SMILES string of the molecule is NC(=O)c1cncc(-c2ccc3c(c2)OCCO3)c1. The first-order valence-electron chi connectivity index (χ1n) is 5.89. The summed E-state index contributed by atoms with van der Waals surface area (Å²) >= 11 is 0. The fourth-order valence-corrected chi connectivity index (χ4v) is 1.96. The van der Waals surface area contributed by atoms with Crippen molar-refractivity contribution in [2.75, 3.05) is 13.2 Å². The molecule has 1 aromatic carbocycles. The Labute approximate surface area is 110 Å². The average molecular weight is 256 g/mol. The largest absolute Gasteiger partial charge is 0.486 e. The zero-order valence-electron chi connectivity index (χ0n) is 10.1. The molecule has 1 aliphatic rings. The first kappa shape index (κ1) is 11.5. The van der Waals surface area contributed by atoms with E-state index in [2.05, 4.69) is 4.98 Å².